The second-order valence-electron chi connectivity index (χ2n) is 3.55. The number of para-hydroxylation sites is 1. The van der Waals surface area contributed by atoms with Crippen LogP contribution in [0.15, 0.2) is 18.2 Å². The Kier molecular flexibility index (Phi) is 4.14. The lowest BCUT2D eigenvalue weighted by molar-refractivity contribution is -0.137. The Hall–Kier alpha value is -2.46. The first-order valence-electron chi connectivity index (χ1n) is 5.02. The van der Waals surface area contributed by atoms with E-state index >= 15 is 0 Å². The zero-order valence-electron chi connectivity index (χ0n) is 9.40. The third-order valence-corrected chi connectivity index (χ3v) is 2.33. The zero-order valence-corrected chi connectivity index (χ0v) is 9.40. The highest BCUT2D eigenvalue weighted by molar-refractivity contribution is 5.79. The number of terminal acetylenes is 1. The quantitative estimate of drug-likeness (QED) is 0.770. The molecule has 1 aromatic rings. The minimum absolute atomic E-state index is 0.0640. The van der Waals surface area contributed by atoms with Gasteiger partial charge < -0.3 is 10.4 Å². The molecule has 0 spiro atoms. The second kappa shape index (κ2) is 5.58. The number of nitriles is 1. The summed E-state index contributed by atoms with van der Waals surface area (Å²) in [5.41, 5.74) is 1.75. The third-order valence-electron chi connectivity index (χ3n) is 2.33. The van der Waals surface area contributed by atoms with Crippen molar-refractivity contribution in [3.8, 4) is 18.4 Å². The van der Waals surface area contributed by atoms with Crippen molar-refractivity contribution in [3.05, 3.63) is 29.3 Å². The smallest absolute Gasteiger partial charge is 0.327 e. The molecule has 4 heteroatoms. The molecule has 0 heterocycles. The van der Waals surface area contributed by atoms with Crippen LogP contribution in [0.4, 0.5) is 5.69 Å². The van der Waals surface area contributed by atoms with Gasteiger partial charge in [-0.1, -0.05) is 12.1 Å². The maximum Gasteiger partial charge on any atom is 0.327 e. The summed E-state index contributed by atoms with van der Waals surface area (Å²) in [7, 11) is 0. The van der Waals surface area contributed by atoms with Gasteiger partial charge in [0, 0.05) is 6.42 Å². The van der Waals surface area contributed by atoms with Crippen molar-refractivity contribution >= 4 is 11.7 Å². The fraction of sp³-hybridized carbons (Fsp3) is 0.231. The Balaban J connectivity index is 3.06. The van der Waals surface area contributed by atoms with Crippen LogP contribution < -0.4 is 5.32 Å². The predicted octanol–water partition coefficient (Wildman–Crippen LogP) is 1.76. The normalized spacial score (nSPS) is 11.0. The van der Waals surface area contributed by atoms with Crippen molar-refractivity contribution in [1.29, 1.82) is 5.26 Å². The van der Waals surface area contributed by atoms with Crippen LogP contribution in [-0.4, -0.2) is 17.1 Å². The SMILES string of the molecule is C#CCC(Nc1c(C)cccc1C#N)C(=O)O. The van der Waals surface area contributed by atoms with E-state index in [0.717, 1.165) is 5.56 Å². The minimum atomic E-state index is -1.03. The minimum Gasteiger partial charge on any atom is -0.480 e. The van der Waals surface area contributed by atoms with Gasteiger partial charge in [0.2, 0.25) is 0 Å². The van der Waals surface area contributed by atoms with E-state index in [1.807, 2.05) is 6.07 Å². The van der Waals surface area contributed by atoms with E-state index < -0.39 is 12.0 Å². The average molecular weight is 228 g/mol. The highest BCUT2D eigenvalue weighted by Crippen LogP contribution is 2.21. The molecule has 0 aliphatic carbocycles. The molecule has 1 aromatic carbocycles. The number of carboxylic acids is 1. The molecule has 17 heavy (non-hydrogen) atoms. The second-order valence-corrected chi connectivity index (χ2v) is 3.55. The third kappa shape index (κ3) is 2.99. The molecule has 2 N–H and O–H groups in total. The Morgan fingerprint density at radius 2 is 2.35 bits per heavy atom. The Labute approximate surface area is 99.9 Å². The van der Waals surface area contributed by atoms with Gasteiger partial charge in [0.1, 0.15) is 12.1 Å². The summed E-state index contributed by atoms with van der Waals surface area (Å²) < 4.78 is 0. The van der Waals surface area contributed by atoms with E-state index in [1.54, 1.807) is 25.1 Å². The van der Waals surface area contributed by atoms with E-state index in [1.165, 1.54) is 0 Å². The number of rotatable bonds is 4. The van der Waals surface area contributed by atoms with Crippen molar-refractivity contribution in [2.45, 2.75) is 19.4 Å². The number of hydrogen-bond donors (Lipinski definition) is 2. The summed E-state index contributed by atoms with van der Waals surface area (Å²) in [5, 5.41) is 20.7. The highest BCUT2D eigenvalue weighted by atomic mass is 16.4. The average Bonchev–Trinajstić information content (AvgIpc) is 2.30. The number of aryl methyl sites for hydroxylation is 1. The van der Waals surface area contributed by atoms with E-state index in [0.29, 0.717) is 11.3 Å². The summed E-state index contributed by atoms with van der Waals surface area (Å²) in [5.74, 6) is 1.27. The molecule has 1 atom stereocenters. The first-order valence-corrected chi connectivity index (χ1v) is 5.02. The first kappa shape index (κ1) is 12.6. The zero-order chi connectivity index (χ0) is 12.8. The fourth-order valence-corrected chi connectivity index (χ4v) is 1.44. The number of aliphatic carboxylic acids is 1. The molecule has 0 aromatic heterocycles. The molecule has 0 aliphatic rings. The van der Waals surface area contributed by atoms with Crippen molar-refractivity contribution in [3.63, 3.8) is 0 Å². The number of carbonyl (C=O) groups is 1. The fourth-order valence-electron chi connectivity index (χ4n) is 1.44. The van der Waals surface area contributed by atoms with Crippen molar-refractivity contribution in [2.75, 3.05) is 5.32 Å². The monoisotopic (exact) mass is 228 g/mol. The Morgan fingerprint density at radius 1 is 1.65 bits per heavy atom. The molecule has 0 saturated heterocycles. The molecular formula is C13H12N2O2. The topological polar surface area (TPSA) is 73.1 Å². The molecule has 4 nitrogen and oxygen atoms in total. The van der Waals surface area contributed by atoms with Crippen molar-refractivity contribution in [2.24, 2.45) is 0 Å². The predicted molar refractivity (Wildman–Crippen MR) is 64.4 cm³/mol. The number of hydrogen-bond acceptors (Lipinski definition) is 3. The number of nitrogens with one attached hydrogen (secondary N) is 1. The number of carboxylic acid groups (broad SMARTS) is 1. The van der Waals surface area contributed by atoms with Gasteiger partial charge in [-0.2, -0.15) is 5.26 Å². The molecule has 1 unspecified atom stereocenters. The van der Waals surface area contributed by atoms with Gasteiger partial charge in [-0.05, 0) is 18.6 Å². The van der Waals surface area contributed by atoms with E-state index in [2.05, 4.69) is 11.2 Å². The number of anilines is 1. The van der Waals surface area contributed by atoms with Crippen LogP contribution in [0.1, 0.15) is 17.5 Å². The van der Waals surface area contributed by atoms with E-state index in [-0.39, 0.29) is 6.42 Å². The van der Waals surface area contributed by atoms with Gasteiger partial charge in [0.15, 0.2) is 0 Å². The van der Waals surface area contributed by atoms with Crippen molar-refractivity contribution in [1.82, 2.24) is 0 Å². The molecule has 0 saturated carbocycles. The molecule has 0 fully saturated rings. The van der Waals surface area contributed by atoms with Crippen LogP contribution in [0.5, 0.6) is 0 Å². The number of nitrogens with zero attached hydrogens (tertiary/aromatic N) is 1. The molecule has 1 rings (SSSR count). The summed E-state index contributed by atoms with van der Waals surface area (Å²) in [6.07, 6.45) is 5.18. The van der Waals surface area contributed by atoms with Gasteiger partial charge in [-0.3, -0.25) is 0 Å². The van der Waals surface area contributed by atoms with Gasteiger partial charge in [0.25, 0.3) is 0 Å². The summed E-state index contributed by atoms with van der Waals surface area (Å²) in [4.78, 5) is 11.0. The molecule has 0 bridgehead atoms. The summed E-state index contributed by atoms with van der Waals surface area (Å²) in [6, 6.07) is 6.31. The van der Waals surface area contributed by atoms with Crippen LogP contribution in [0.3, 0.4) is 0 Å². The lowest BCUT2D eigenvalue weighted by Crippen LogP contribution is -2.29. The first-order chi connectivity index (χ1) is 8.10. The molecular weight excluding hydrogens is 216 g/mol. The molecule has 0 amide bonds. The summed E-state index contributed by atoms with van der Waals surface area (Å²) in [6.45, 7) is 1.80. The highest BCUT2D eigenvalue weighted by Gasteiger charge is 2.18. The summed E-state index contributed by atoms with van der Waals surface area (Å²) >= 11 is 0. The van der Waals surface area contributed by atoms with Crippen LogP contribution in [0.2, 0.25) is 0 Å². The van der Waals surface area contributed by atoms with E-state index in [4.69, 9.17) is 16.8 Å². The van der Waals surface area contributed by atoms with Crippen LogP contribution in [0.25, 0.3) is 0 Å². The largest absolute Gasteiger partial charge is 0.480 e. The van der Waals surface area contributed by atoms with Crippen LogP contribution in [-0.2, 0) is 4.79 Å². The Bertz CT molecular complexity index is 509. The molecule has 0 aliphatic heterocycles. The van der Waals surface area contributed by atoms with Crippen LogP contribution in [0, 0.1) is 30.6 Å². The van der Waals surface area contributed by atoms with Crippen molar-refractivity contribution < 1.29 is 9.90 Å². The Morgan fingerprint density at radius 3 is 2.88 bits per heavy atom. The van der Waals surface area contributed by atoms with Gasteiger partial charge in [0.05, 0.1) is 11.3 Å². The van der Waals surface area contributed by atoms with Gasteiger partial charge in [-0.25, -0.2) is 4.79 Å². The van der Waals surface area contributed by atoms with E-state index in [9.17, 15) is 4.79 Å². The maximum absolute atomic E-state index is 11.0. The van der Waals surface area contributed by atoms with Crippen LogP contribution >= 0.6 is 0 Å². The lowest BCUT2D eigenvalue weighted by Gasteiger charge is -2.16. The van der Waals surface area contributed by atoms with Gasteiger partial charge in [-0.15, -0.1) is 12.3 Å². The lowest BCUT2D eigenvalue weighted by atomic mass is 10.1. The molecule has 0 radical (unpaired) electrons. The number of benzene rings is 1. The van der Waals surface area contributed by atoms with Gasteiger partial charge >= 0.3 is 5.97 Å². The molecule has 86 valence electrons. The standard InChI is InChI=1S/C13H12N2O2/c1-3-5-11(13(16)17)15-12-9(2)6-4-7-10(12)8-14/h1,4,6-7,11,15H,5H2,2H3,(H,16,17). The maximum atomic E-state index is 11.0.